The molecule has 0 atom stereocenters. The Labute approximate surface area is 126 Å². The summed E-state index contributed by atoms with van der Waals surface area (Å²) in [5.74, 6) is 0.0578. The Kier molecular flexibility index (Phi) is 5.65. The number of rotatable bonds is 3. The van der Waals surface area contributed by atoms with E-state index in [4.69, 9.17) is 5.73 Å². The highest BCUT2D eigenvalue weighted by Gasteiger charge is 2.48. The molecule has 2 aliphatic rings. The highest BCUT2D eigenvalue weighted by Crippen LogP contribution is 2.34. The molecule has 20 heavy (non-hydrogen) atoms. The van der Waals surface area contributed by atoms with E-state index in [2.05, 4.69) is 0 Å². The monoisotopic (exact) mass is 304 g/mol. The van der Waals surface area contributed by atoms with Crippen LogP contribution in [0.1, 0.15) is 26.7 Å². The molecule has 0 radical (unpaired) electrons. The average Bonchev–Trinajstić information content (AvgIpc) is 3.18. The third kappa shape index (κ3) is 3.35. The van der Waals surface area contributed by atoms with Crippen LogP contribution in [0.4, 0.5) is 4.79 Å². The lowest BCUT2D eigenvalue weighted by Gasteiger charge is -2.38. The Morgan fingerprint density at radius 2 is 1.50 bits per heavy atom. The number of urea groups is 1. The molecule has 0 aromatic heterocycles. The first-order chi connectivity index (χ1) is 9.01. The van der Waals surface area contributed by atoms with Crippen LogP contribution in [0.2, 0.25) is 0 Å². The normalized spacial score (nSPS) is 20.1. The van der Waals surface area contributed by atoms with E-state index in [1.54, 1.807) is 4.90 Å². The summed E-state index contributed by atoms with van der Waals surface area (Å²) in [5, 5.41) is 0. The second-order valence-electron chi connectivity index (χ2n) is 5.39. The molecule has 0 aromatic carbocycles. The molecule has 3 amide bonds. The summed E-state index contributed by atoms with van der Waals surface area (Å²) in [6.07, 6.45) is 1.59. The van der Waals surface area contributed by atoms with Crippen molar-refractivity contribution < 1.29 is 9.59 Å². The fraction of sp³-hybridized carbons (Fsp3) is 0.846. The van der Waals surface area contributed by atoms with Crippen LogP contribution >= 0.6 is 12.4 Å². The van der Waals surface area contributed by atoms with Gasteiger partial charge in [0.15, 0.2) is 0 Å². The Morgan fingerprint density at radius 1 is 1.05 bits per heavy atom. The van der Waals surface area contributed by atoms with Gasteiger partial charge in [0.25, 0.3) is 0 Å². The van der Waals surface area contributed by atoms with Crippen molar-refractivity contribution in [3.63, 3.8) is 0 Å². The zero-order valence-electron chi connectivity index (χ0n) is 12.3. The number of carbonyl (C=O) groups is 2. The van der Waals surface area contributed by atoms with Gasteiger partial charge in [0.05, 0.1) is 5.54 Å². The molecule has 116 valence electrons. The van der Waals surface area contributed by atoms with Crippen LogP contribution in [0.5, 0.6) is 0 Å². The quantitative estimate of drug-likeness (QED) is 0.826. The number of piperazine rings is 1. The van der Waals surface area contributed by atoms with E-state index < -0.39 is 5.54 Å². The summed E-state index contributed by atoms with van der Waals surface area (Å²) in [6.45, 7) is 7.82. The molecule has 0 bridgehead atoms. The van der Waals surface area contributed by atoms with E-state index in [1.807, 2.05) is 23.6 Å². The van der Waals surface area contributed by atoms with Gasteiger partial charge in [-0.2, -0.15) is 0 Å². The van der Waals surface area contributed by atoms with Crippen molar-refractivity contribution in [1.82, 2.24) is 14.7 Å². The van der Waals surface area contributed by atoms with Crippen molar-refractivity contribution >= 4 is 24.3 Å². The molecule has 1 aliphatic heterocycles. The van der Waals surface area contributed by atoms with Crippen LogP contribution in [-0.4, -0.2) is 71.4 Å². The van der Waals surface area contributed by atoms with Crippen molar-refractivity contribution in [3.8, 4) is 0 Å². The van der Waals surface area contributed by atoms with Gasteiger partial charge in [0.1, 0.15) is 0 Å². The fourth-order valence-corrected chi connectivity index (χ4v) is 2.46. The highest BCUT2D eigenvalue weighted by atomic mass is 35.5. The summed E-state index contributed by atoms with van der Waals surface area (Å²) >= 11 is 0. The molecule has 1 saturated carbocycles. The van der Waals surface area contributed by atoms with E-state index in [0.29, 0.717) is 26.2 Å². The molecule has 1 heterocycles. The van der Waals surface area contributed by atoms with Gasteiger partial charge in [-0.25, -0.2) is 4.79 Å². The SMILES string of the molecule is CCN(CC)C(=O)N1CCN(C(=O)C2(N)CC2)CC1.Cl. The third-order valence-corrected chi connectivity index (χ3v) is 4.09. The van der Waals surface area contributed by atoms with Gasteiger partial charge >= 0.3 is 6.03 Å². The van der Waals surface area contributed by atoms with Gasteiger partial charge < -0.3 is 20.4 Å². The van der Waals surface area contributed by atoms with E-state index in [0.717, 1.165) is 25.9 Å². The standard InChI is InChI=1S/C13H24N4O2.ClH/c1-3-15(4-2)12(19)17-9-7-16(8-10-17)11(18)13(14)5-6-13;/h3-10,14H2,1-2H3;1H. The maximum Gasteiger partial charge on any atom is 0.320 e. The molecular formula is C13H25ClN4O2. The average molecular weight is 305 g/mol. The van der Waals surface area contributed by atoms with Gasteiger partial charge in [-0.3, -0.25) is 4.79 Å². The van der Waals surface area contributed by atoms with Crippen LogP contribution in [0.3, 0.4) is 0 Å². The topological polar surface area (TPSA) is 69.9 Å². The van der Waals surface area contributed by atoms with Crippen LogP contribution in [-0.2, 0) is 4.79 Å². The highest BCUT2D eigenvalue weighted by molar-refractivity contribution is 5.89. The number of hydrogen-bond donors (Lipinski definition) is 1. The predicted octanol–water partition coefficient (Wildman–Crippen LogP) is 0.506. The van der Waals surface area contributed by atoms with E-state index in [9.17, 15) is 9.59 Å². The lowest BCUT2D eigenvalue weighted by atomic mass is 10.2. The van der Waals surface area contributed by atoms with Crippen molar-refractivity contribution in [2.75, 3.05) is 39.3 Å². The van der Waals surface area contributed by atoms with Crippen LogP contribution in [0.25, 0.3) is 0 Å². The summed E-state index contributed by atoms with van der Waals surface area (Å²) in [6, 6.07) is 0.0750. The Bertz CT molecular complexity index is 361. The molecule has 7 heteroatoms. The summed E-state index contributed by atoms with van der Waals surface area (Å²) < 4.78 is 0. The summed E-state index contributed by atoms with van der Waals surface area (Å²) in [5.41, 5.74) is 5.33. The molecule has 0 unspecified atom stereocenters. The first-order valence-corrected chi connectivity index (χ1v) is 7.14. The molecule has 2 rings (SSSR count). The van der Waals surface area contributed by atoms with Crippen LogP contribution < -0.4 is 5.73 Å². The second-order valence-corrected chi connectivity index (χ2v) is 5.39. The molecular weight excluding hydrogens is 280 g/mol. The first kappa shape index (κ1) is 17.0. The molecule has 1 aliphatic carbocycles. The van der Waals surface area contributed by atoms with Crippen LogP contribution in [0, 0.1) is 0 Å². The Balaban J connectivity index is 0.00000200. The molecule has 0 spiro atoms. The second kappa shape index (κ2) is 6.63. The molecule has 1 saturated heterocycles. The number of nitrogens with two attached hydrogens (primary N) is 1. The van der Waals surface area contributed by atoms with E-state index >= 15 is 0 Å². The van der Waals surface area contributed by atoms with Gasteiger partial charge in [-0.05, 0) is 26.7 Å². The summed E-state index contributed by atoms with van der Waals surface area (Å²) in [7, 11) is 0. The van der Waals surface area contributed by atoms with Crippen molar-refractivity contribution in [1.29, 1.82) is 0 Å². The van der Waals surface area contributed by atoms with Gasteiger partial charge in [-0.1, -0.05) is 0 Å². The maximum absolute atomic E-state index is 12.2. The van der Waals surface area contributed by atoms with E-state index in [-0.39, 0.29) is 24.3 Å². The maximum atomic E-state index is 12.2. The Hall–Kier alpha value is -1.01. The van der Waals surface area contributed by atoms with E-state index in [1.165, 1.54) is 0 Å². The van der Waals surface area contributed by atoms with Crippen molar-refractivity contribution in [2.24, 2.45) is 5.73 Å². The van der Waals surface area contributed by atoms with Crippen LogP contribution in [0.15, 0.2) is 0 Å². The minimum absolute atomic E-state index is 0. The van der Waals surface area contributed by atoms with Crippen molar-refractivity contribution in [2.45, 2.75) is 32.2 Å². The minimum Gasteiger partial charge on any atom is -0.338 e. The molecule has 2 N–H and O–H groups in total. The summed E-state index contributed by atoms with van der Waals surface area (Å²) in [4.78, 5) is 29.7. The number of amides is 3. The predicted molar refractivity (Wildman–Crippen MR) is 79.9 cm³/mol. The lowest BCUT2D eigenvalue weighted by Crippen LogP contribution is -2.57. The molecule has 2 fully saturated rings. The zero-order chi connectivity index (χ0) is 14.0. The largest absolute Gasteiger partial charge is 0.338 e. The smallest absolute Gasteiger partial charge is 0.320 e. The third-order valence-electron chi connectivity index (χ3n) is 4.09. The number of carbonyl (C=O) groups excluding carboxylic acids is 2. The molecule has 0 aromatic rings. The van der Waals surface area contributed by atoms with Crippen molar-refractivity contribution in [3.05, 3.63) is 0 Å². The van der Waals surface area contributed by atoms with Gasteiger partial charge in [0.2, 0.25) is 5.91 Å². The lowest BCUT2D eigenvalue weighted by molar-refractivity contribution is -0.135. The van der Waals surface area contributed by atoms with Gasteiger partial charge in [-0.15, -0.1) is 12.4 Å². The first-order valence-electron chi connectivity index (χ1n) is 7.14. The number of hydrogen-bond acceptors (Lipinski definition) is 3. The Morgan fingerprint density at radius 3 is 1.90 bits per heavy atom. The zero-order valence-corrected chi connectivity index (χ0v) is 13.1. The number of halogens is 1. The van der Waals surface area contributed by atoms with Gasteiger partial charge in [0, 0.05) is 39.3 Å². The minimum atomic E-state index is -0.592. The number of nitrogens with zero attached hydrogens (tertiary/aromatic N) is 3. The fourth-order valence-electron chi connectivity index (χ4n) is 2.46. The molecule has 6 nitrogen and oxygen atoms in total.